The van der Waals surface area contributed by atoms with Gasteiger partial charge in [-0.15, -0.1) is 0 Å². The normalized spacial score (nSPS) is 17.8. The first kappa shape index (κ1) is 31.0. The van der Waals surface area contributed by atoms with Crippen LogP contribution in [0.2, 0.25) is 0 Å². The predicted octanol–water partition coefficient (Wildman–Crippen LogP) is 8.33. The number of benzene rings is 2. The van der Waals surface area contributed by atoms with Crippen LogP contribution in [0.15, 0.2) is 66.9 Å². The lowest BCUT2D eigenvalue weighted by Crippen LogP contribution is -2.50. The van der Waals surface area contributed by atoms with Gasteiger partial charge in [0.2, 0.25) is 0 Å². The van der Waals surface area contributed by atoms with Crippen molar-refractivity contribution in [3.63, 3.8) is 0 Å². The maximum absolute atomic E-state index is 13.5. The smallest absolute Gasteiger partial charge is 0.307 e. The molecule has 1 aliphatic carbocycles. The molecule has 0 spiro atoms. The number of carbonyl (C=O) groups is 1. The first-order valence-electron chi connectivity index (χ1n) is 16.6. The highest BCUT2D eigenvalue weighted by molar-refractivity contribution is 6.08. The van der Waals surface area contributed by atoms with Crippen molar-refractivity contribution in [2.45, 2.75) is 84.6 Å². The number of hydrazine groups is 1. The molecule has 0 bridgehead atoms. The minimum atomic E-state index is -0.313. The average molecular weight is 606 g/mol. The van der Waals surface area contributed by atoms with Crippen molar-refractivity contribution in [2.75, 3.05) is 30.3 Å². The minimum absolute atomic E-state index is 0.183. The van der Waals surface area contributed by atoms with Crippen molar-refractivity contribution in [1.82, 2.24) is 24.8 Å². The number of carbonyl (C=O) groups excluding carboxylic acids is 1. The number of piperidine rings is 1. The molecule has 1 atom stereocenters. The van der Waals surface area contributed by atoms with Crippen LogP contribution in [0.1, 0.15) is 83.2 Å². The van der Waals surface area contributed by atoms with Crippen LogP contribution in [0, 0.1) is 6.92 Å². The van der Waals surface area contributed by atoms with Gasteiger partial charge in [-0.2, -0.15) is 5.10 Å². The Labute approximate surface area is 267 Å². The van der Waals surface area contributed by atoms with Crippen LogP contribution in [-0.4, -0.2) is 56.5 Å². The largest absolute Gasteiger partial charge is 0.324 e. The second-order valence-corrected chi connectivity index (χ2v) is 13.4. The lowest BCUT2D eigenvalue weighted by Gasteiger charge is -2.42. The highest BCUT2D eigenvalue weighted by atomic mass is 16.2. The van der Waals surface area contributed by atoms with Gasteiger partial charge in [0.1, 0.15) is 5.82 Å². The van der Waals surface area contributed by atoms with Gasteiger partial charge in [-0.25, -0.2) is 19.5 Å². The van der Waals surface area contributed by atoms with Crippen LogP contribution in [0.4, 0.5) is 16.3 Å². The van der Waals surface area contributed by atoms with E-state index >= 15 is 0 Å². The summed E-state index contributed by atoms with van der Waals surface area (Å²) in [7, 11) is 0. The number of aromatic nitrogens is 3. The quantitative estimate of drug-likeness (QED) is 0.221. The lowest BCUT2D eigenvalue weighted by atomic mass is 9.87. The number of likely N-dealkylation sites (N-methyl/N-ethyl adjacent to an activating group) is 1. The summed E-state index contributed by atoms with van der Waals surface area (Å²) < 4.78 is 1.75. The fourth-order valence-corrected chi connectivity index (χ4v) is 6.72. The molecule has 236 valence electrons. The number of hydrogen-bond donors (Lipinski definition) is 2. The molecule has 4 aromatic rings. The van der Waals surface area contributed by atoms with E-state index in [-0.39, 0.29) is 11.4 Å². The Morgan fingerprint density at radius 2 is 1.76 bits per heavy atom. The predicted molar refractivity (Wildman–Crippen MR) is 185 cm³/mol. The van der Waals surface area contributed by atoms with Crippen molar-refractivity contribution in [3.05, 3.63) is 83.8 Å². The molecule has 2 aliphatic rings. The number of rotatable bonds is 7. The van der Waals surface area contributed by atoms with E-state index in [0.717, 1.165) is 46.5 Å². The summed E-state index contributed by atoms with van der Waals surface area (Å²) in [6.07, 6.45) is 11.6. The molecular formula is C37H47N7O. The molecule has 1 unspecified atom stereocenters. The Morgan fingerprint density at radius 3 is 2.47 bits per heavy atom. The van der Waals surface area contributed by atoms with Crippen molar-refractivity contribution in [2.24, 2.45) is 0 Å². The van der Waals surface area contributed by atoms with E-state index in [1.165, 1.54) is 56.3 Å². The van der Waals surface area contributed by atoms with Crippen LogP contribution in [0.5, 0.6) is 0 Å². The second-order valence-electron chi connectivity index (χ2n) is 13.4. The Hall–Kier alpha value is -4.01. The van der Waals surface area contributed by atoms with Gasteiger partial charge in [0.15, 0.2) is 0 Å². The molecule has 1 fully saturated rings. The summed E-state index contributed by atoms with van der Waals surface area (Å²) in [6, 6.07) is 18.6. The van der Waals surface area contributed by atoms with Crippen LogP contribution < -0.4 is 10.6 Å². The molecule has 0 saturated carbocycles. The van der Waals surface area contributed by atoms with Gasteiger partial charge in [-0.3, -0.25) is 10.3 Å². The number of aryl methyl sites for hydroxylation is 1. The number of amides is 2. The van der Waals surface area contributed by atoms with Crippen LogP contribution >= 0.6 is 0 Å². The second kappa shape index (κ2) is 13.2. The number of urea groups is 1. The van der Waals surface area contributed by atoms with Gasteiger partial charge in [-0.1, -0.05) is 70.5 Å². The number of nitrogens with one attached hydrogen (secondary N) is 2. The Bertz CT molecular complexity index is 1680. The summed E-state index contributed by atoms with van der Waals surface area (Å²) in [5.41, 5.74) is 5.86. The van der Waals surface area contributed by atoms with E-state index in [1.54, 1.807) is 10.9 Å². The third-order valence-electron chi connectivity index (χ3n) is 9.12. The summed E-state index contributed by atoms with van der Waals surface area (Å²) >= 11 is 0. The number of fused-ring (bicyclic) bond motifs is 1. The highest BCUT2D eigenvalue weighted by Gasteiger charge is 2.27. The molecule has 2 N–H and O–H groups in total. The summed E-state index contributed by atoms with van der Waals surface area (Å²) in [5.74, 6) is 0.594. The molecule has 3 heterocycles. The third kappa shape index (κ3) is 6.82. The van der Waals surface area contributed by atoms with Crippen molar-refractivity contribution < 1.29 is 4.79 Å². The first-order valence-corrected chi connectivity index (χ1v) is 16.6. The number of allylic oxidation sites excluding steroid dienone is 1. The molecule has 0 radical (unpaired) electrons. The zero-order valence-corrected chi connectivity index (χ0v) is 27.4. The average Bonchev–Trinajstić information content (AvgIpc) is 3.47. The molecule has 2 aromatic carbocycles. The standard InChI is InChI=1S/C37H47N7O/c1-6-43(42-21-10-7-11-22-42)28-14-12-13-27(23-28)30-19-20-33(32-16-9-8-15-31(30)32)39-36(45)40-35-24-34(37(3,4)5)41-44(35)29-18-17-26(2)38-25-29/h8-9,15-20,23-25,28H,6-7,10-14,21-22H2,1-5H3,(H2,39,40,45). The third-order valence-corrected chi connectivity index (χ3v) is 9.12. The lowest BCUT2D eigenvalue weighted by molar-refractivity contribution is -0.0588. The van der Waals surface area contributed by atoms with Gasteiger partial charge >= 0.3 is 6.03 Å². The number of pyridine rings is 1. The molecule has 8 nitrogen and oxygen atoms in total. The maximum Gasteiger partial charge on any atom is 0.324 e. The van der Waals surface area contributed by atoms with Crippen LogP contribution in [0.25, 0.3) is 22.0 Å². The fourth-order valence-electron chi connectivity index (χ4n) is 6.72. The zero-order valence-electron chi connectivity index (χ0n) is 27.4. The van der Waals surface area contributed by atoms with E-state index in [2.05, 4.69) is 83.7 Å². The molecular weight excluding hydrogens is 558 g/mol. The SMILES string of the molecule is CCN(C1C=C(c2ccc(NC(=O)Nc3cc(C(C)(C)C)nn3-c3ccc(C)nc3)c3ccccc23)CCC1)N1CCCCC1. The molecule has 6 rings (SSSR count). The molecule has 1 aliphatic heterocycles. The van der Waals surface area contributed by atoms with E-state index in [9.17, 15) is 4.79 Å². The van der Waals surface area contributed by atoms with Gasteiger partial charge in [-0.05, 0) is 73.7 Å². The van der Waals surface area contributed by atoms with Gasteiger partial charge in [0, 0.05) is 48.2 Å². The summed E-state index contributed by atoms with van der Waals surface area (Å²) in [6.45, 7) is 13.9. The topological polar surface area (TPSA) is 78.3 Å². The summed E-state index contributed by atoms with van der Waals surface area (Å²) in [5, 5.41) is 18.4. The number of nitrogens with zero attached hydrogens (tertiary/aromatic N) is 5. The van der Waals surface area contributed by atoms with Gasteiger partial charge < -0.3 is 5.32 Å². The molecule has 2 aromatic heterocycles. The van der Waals surface area contributed by atoms with Gasteiger partial charge in [0.25, 0.3) is 0 Å². The molecule has 2 amide bonds. The molecule has 45 heavy (non-hydrogen) atoms. The number of hydrogen-bond acceptors (Lipinski definition) is 5. The number of anilines is 2. The van der Waals surface area contributed by atoms with E-state index in [0.29, 0.717) is 11.9 Å². The van der Waals surface area contributed by atoms with E-state index < -0.39 is 0 Å². The first-order chi connectivity index (χ1) is 21.7. The van der Waals surface area contributed by atoms with Crippen molar-refractivity contribution in [3.8, 4) is 5.69 Å². The Balaban J connectivity index is 1.26. The van der Waals surface area contributed by atoms with E-state index in [4.69, 9.17) is 5.10 Å². The maximum atomic E-state index is 13.5. The zero-order chi connectivity index (χ0) is 31.6. The van der Waals surface area contributed by atoms with Gasteiger partial charge in [0.05, 0.1) is 23.3 Å². The van der Waals surface area contributed by atoms with Crippen LogP contribution in [-0.2, 0) is 5.41 Å². The fraction of sp³-hybridized carbons (Fsp3) is 0.432. The summed E-state index contributed by atoms with van der Waals surface area (Å²) in [4.78, 5) is 17.9. The molecule has 8 heteroatoms. The monoisotopic (exact) mass is 605 g/mol. The highest BCUT2D eigenvalue weighted by Crippen LogP contribution is 2.37. The van der Waals surface area contributed by atoms with E-state index in [1.807, 2.05) is 37.3 Å². The Morgan fingerprint density at radius 1 is 0.978 bits per heavy atom. The Kier molecular flexibility index (Phi) is 9.06. The van der Waals surface area contributed by atoms with Crippen LogP contribution in [0.3, 0.4) is 0 Å². The van der Waals surface area contributed by atoms with Crippen molar-refractivity contribution >= 4 is 33.9 Å². The molecule has 1 saturated heterocycles. The minimum Gasteiger partial charge on any atom is -0.307 e. The van der Waals surface area contributed by atoms with Crippen molar-refractivity contribution in [1.29, 1.82) is 0 Å².